The molecule has 0 aliphatic rings. The van der Waals surface area contributed by atoms with Crippen molar-refractivity contribution in [1.82, 2.24) is 10.3 Å². The Kier molecular flexibility index (Phi) is 4.91. The summed E-state index contributed by atoms with van der Waals surface area (Å²) in [6.45, 7) is 1.93. The number of carbonyl (C=O) groups is 2. The molecule has 0 unspecified atom stereocenters. The van der Waals surface area contributed by atoms with Gasteiger partial charge in [0.05, 0.1) is 5.56 Å². The molecule has 0 aliphatic carbocycles. The van der Waals surface area contributed by atoms with Crippen LogP contribution in [0.15, 0.2) is 18.3 Å². The van der Waals surface area contributed by atoms with Gasteiger partial charge < -0.3 is 10.1 Å². The lowest BCUT2D eigenvalue weighted by molar-refractivity contribution is -0.389. The smallest absolute Gasteiger partial charge is 0.358 e. The van der Waals surface area contributed by atoms with Crippen LogP contribution < -0.4 is 5.32 Å². The Morgan fingerprint density at radius 2 is 2.22 bits per heavy atom. The lowest BCUT2D eigenvalue weighted by Crippen LogP contribution is -2.30. The molecule has 0 aliphatic heterocycles. The van der Waals surface area contributed by atoms with Crippen LogP contribution >= 0.6 is 0 Å². The molecule has 7 heteroatoms. The number of nitro groups is 1. The fourth-order valence-corrected chi connectivity index (χ4v) is 1.26. The number of rotatable bonds is 5. The molecule has 1 N–H and O–H groups in total. The van der Waals surface area contributed by atoms with Crippen LogP contribution in [-0.4, -0.2) is 21.7 Å². The average Bonchev–Trinajstić information content (AvgIpc) is 2.36. The van der Waals surface area contributed by atoms with Crippen molar-refractivity contribution in [1.29, 1.82) is 0 Å². The maximum absolute atomic E-state index is 11.6. The lowest BCUT2D eigenvalue weighted by Gasteiger charge is -2.02. The molecular weight excluding hydrogens is 238 g/mol. The zero-order valence-corrected chi connectivity index (χ0v) is 9.88. The molecule has 0 saturated carbocycles. The quantitative estimate of drug-likeness (QED) is 0.630. The van der Waals surface area contributed by atoms with E-state index in [2.05, 4.69) is 10.3 Å². The normalized spacial score (nSPS) is 9.83. The van der Waals surface area contributed by atoms with E-state index in [4.69, 9.17) is 0 Å². The first-order valence-corrected chi connectivity index (χ1v) is 5.49. The van der Waals surface area contributed by atoms with Crippen molar-refractivity contribution in [2.45, 2.75) is 26.2 Å². The molecule has 2 amide bonds. The van der Waals surface area contributed by atoms with E-state index in [1.54, 1.807) is 0 Å². The SMILES string of the molecule is CCCCC(=O)NC(=O)c1ccnc([N+](=O)[O-])c1. The zero-order chi connectivity index (χ0) is 13.5. The van der Waals surface area contributed by atoms with Gasteiger partial charge in [0, 0.05) is 12.5 Å². The van der Waals surface area contributed by atoms with Crippen LogP contribution in [0.1, 0.15) is 36.5 Å². The summed E-state index contributed by atoms with van der Waals surface area (Å²) < 4.78 is 0. The molecule has 1 heterocycles. The Bertz CT molecular complexity index is 473. The summed E-state index contributed by atoms with van der Waals surface area (Å²) >= 11 is 0. The Hall–Kier alpha value is -2.31. The average molecular weight is 251 g/mol. The van der Waals surface area contributed by atoms with Gasteiger partial charge in [-0.15, -0.1) is 0 Å². The fraction of sp³-hybridized carbons (Fsp3) is 0.364. The van der Waals surface area contributed by atoms with Crippen LogP contribution in [0.2, 0.25) is 0 Å². The van der Waals surface area contributed by atoms with E-state index in [0.717, 1.165) is 18.7 Å². The third kappa shape index (κ3) is 3.93. The van der Waals surface area contributed by atoms with Crippen LogP contribution in [0.4, 0.5) is 5.82 Å². The minimum Gasteiger partial charge on any atom is -0.358 e. The van der Waals surface area contributed by atoms with E-state index >= 15 is 0 Å². The van der Waals surface area contributed by atoms with Crippen LogP contribution in [-0.2, 0) is 4.79 Å². The van der Waals surface area contributed by atoms with Gasteiger partial charge in [0.15, 0.2) is 0 Å². The first kappa shape index (κ1) is 13.8. The molecule has 1 aromatic heterocycles. The van der Waals surface area contributed by atoms with Gasteiger partial charge in [-0.2, -0.15) is 0 Å². The van der Waals surface area contributed by atoms with Crippen LogP contribution in [0.25, 0.3) is 0 Å². The van der Waals surface area contributed by atoms with E-state index < -0.39 is 16.6 Å². The fourth-order valence-electron chi connectivity index (χ4n) is 1.26. The summed E-state index contributed by atoms with van der Waals surface area (Å²) in [6.07, 6.45) is 2.96. The van der Waals surface area contributed by atoms with Crippen molar-refractivity contribution in [2.24, 2.45) is 0 Å². The number of pyridine rings is 1. The van der Waals surface area contributed by atoms with Crippen molar-refractivity contribution in [3.63, 3.8) is 0 Å². The Morgan fingerprint density at radius 3 is 2.83 bits per heavy atom. The molecule has 7 nitrogen and oxygen atoms in total. The number of nitrogens with one attached hydrogen (secondary N) is 1. The van der Waals surface area contributed by atoms with Gasteiger partial charge in [-0.05, 0) is 22.4 Å². The van der Waals surface area contributed by atoms with E-state index in [0.29, 0.717) is 6.42 Å². The summed E-state index contributed by atoms with van der Waals surface area (Å²) in [6, 6.07) is 2.35. The number of carbonyl (C=O) groups excluding carboxylic acids is 2. The van der Waals surface area contributed by atoms with Gasteiger partial charge in [-0.3, -0.25) is 14.9 Å². The van der Waals surface area contributed by atoms with Crippen LogP contribution in [0.5, 0.6) is 0 Å². The monoisotopic (exact) mass is 251 g/mol. The van der Waals surface area contributed by atoms with Gasteiger partial charge in [-0.1, -0.05) is 13.3 Å². The van der Waals surface area contributed by atoms with Gasteiger partial charge >= 0.3 is 5.82 Å². The second-order valence-corrected chi connectivity index (χ2v) is 3.64. The maximum Gasteiger partial charge on any atom is 0.364 e. The molecule has 0 spiro atoms. The van der Waals surface area contributed by atoms with Crippen molar-refractivity contribution in [3.8, 4) is 0 Å². The highest BCUT2D eigenvalue weighted by Gasteiger charge is 2.14. The largest absolute Gasteiger partial charge is 0.364 e. The number of hydrogen-bond acceptors (Lipinski definition) is 5. The van der Waals surface area contributed by atoms with E-state index in [9.17, 15) is 19.7 Å². The third-order valence-corrected chi connectivity index (χ3v) is 2.21. The highest BCUT2D eigenvalue weighted by atomic mass is 16.6. The van der Waals surface area contributed by atoms with Gasteiger partial charge in [0.1, 0.15) is 6.20 Å². The van der Waals surface area contributed by atoms with Crippen molar-refractivity contribution in [2.75, 3.05) is 0 Å². The molecular formula is C11H13N3O4. The predicted molar refractivity (Wildman–Crippen MR) is 62.9 cm³/mol. The minimum atomic E-state index is -0.699. The Morgan fingerprint density at radius 1 is 1.50 bits per heavy atom. The zero-order valence-electron chi connectivity index (χ0n) is 9.88. The predicted octanol–water partition coefficient (Wildman–Crippen LogP) is 1.44. The number of aromatic nitrogens is 1. The molecule has 0 bridgehead atoms. The topological polar surface area (TPSA) is 102 Å². The second-order valence-electron chi connectivity index (χ2n) is 3.64. The summed E-state index contributed by atoms with van der Waals surface area (Å²) in [4.78, 5) is 36.2. The molecule has 1 rings (SSSR count). The van der Waals surface area contributed by atoms with E-state index in [1.807, 2.05) is 6.92 Å². The molecule has 0 atom stereocenters. The second kappa shape index (κ2) is 6.43. The molecule has 18 heavy (non-hydrogen) atoms. The maximum atomic E-state index is 11.6. The van der Waals surface area contributed by atoms with Gasteiger partial charge in [0.25, 0.3) is 5.91 Å². The number of nitrogens with zero attached hydrogens (tertiary/aromatic N) is 2. The summed E-state index contributed by atoms with van der Waals surface area (Å²) in [5, 5.41) is 12.7. The van der Waals surface area contributed by atoms with Crippen molar-refractivity contribution >= 4 is 17.6 Å². The van der Waals surface area contributed by atoms with Crippen molar-refractivity contribution < 1.29 is 14.5 Å². The first-order valence-electron chi connectivity index (χ1n) is 5.49. The first-order chi connectivity index (χ1) is 8.54. The van der Waals surface area contributed by atoms with Gasteiger partial charge in [0.2, 0.25) is 5.91 Å². The molecule has 1 aromatic rings. The van der Waals surface area contributed by atoms with E-state index in [-0.39, 0.29) is 17.9 Å². The molecule has 0 saturated heterocycles. The number of hydrogen-bond donors (Lipinski definition) is 1. The Balaban J connectivity index is 2.69. The summed E-state index contributed by atoms with van der Waals surface area (Å²) in [5.74, 6) is -1.47. The molecule has 96 valence electrons. The van der Waals surface area contributed by atoms with Crippen molar-refractivity contribution in [3.05, 3.63) is 34.0 Å². The van der Waals surface area contributed by atoms with Gasteiger partial charge in [-0.25, -0.2) is 0 Å². The highest BCUT2D eigenvalue weighted by molar-refractivity contribution is 6.04. The third-order valence-electron chi connectivity index (χ3n) is 2.21. The number of amides is 2. The lowest BCUT2D eigenvalue weighted by atomic mass is 10.2. The number of unbranched alkanes of at least 4 members (excludes halogenated alkanes) is 1. The highest BCUT2D eigenvalue weighted by Crippen LogP contribution is 2.09. The Labute approximate surface area is 103 Å². The molecule has 0 radical (unpaired) electrons. The van der Waals surface area contributed by atoms with Crippen LogP contribution in [0.3, 0.4) is 0 Å². The minimum absolute atomic E-state index is 0.0431. The molecule has 0 aromatic carbocycles. The molecule has 0 fully saturated rings. The van der Waals surface area contributed by atoms with E-state index in [1.165, 1.54) is 6.07 Å². The van der Waals surface area contributed by atoms with Crippen LogP contribution in [0, 0.1) is 10.1 Å². The summed E-state index contributed by atoms with van der Waals surface area (Å²) in [5.41, 5.74) is 0.0431. The summed E-state index contributed by atoms with van der Waals surface area (Å²) in [7, 11) is 0. The standard InChI is InChI=1S/C11H13N3O4/c1-2-3-4-10(15)13-11(16)8-5-6-12-9(7-8)14(17)18/h5-7H,2-4H2,1H3,(H,13,15,16). The number of imide groups is 1.